The highest BCUT2D eigenvalue weighted by atomic mass is 35.5. The standard InChI is InChI=1S/C26H27Cl2N3.2ClH/c1-19-16-24-25(17-20(19)2)31(18-29-24)15-14-30(13-12-27)26(21-6-4-3-5-7-21)22-8-10-23(28)11-9-22;;/h3-11,16-18,26H,12-15H2,1-2H3;2*1H. The monoisotopic (exact) mass is 523 g/mol. The lowest BCUT2D eigenvalue weighted by Crippen LogP contribution is -2.34. The van der Waals surface area contributed by atoms with Gasteiger partial charge in [0.25, 0.3) is 0 Å². The summed E-state index contributed by atoms with van der Waals surface area (Å²) in [6, 6.07) is 23.2. The minimum atomic E-state index is 0. The topological polar surface area (TPSA) is 21.1 Å². The molecule has 0 aliphatic carbocycles. The van der Waals surface area contributed by atoms with Crippen molar-refractivity contribution in [1.82, 2.24) is 14.5 Å². The summed E-state index contributed by atoms with van der Waals surface area (Å²) in [5.74, 6) is 0.569. The molecule has 3 aromatic carbocycles. The lowest BCUT2D eigenvalue weighted by Gasteiger charge is -2.32. The molecule has 0 spiro atoms. The molecule has 7 heteroatoms. The molecule has 1 atom stereocenters. The molecule has 0 fully saturated rings. The van der Waals surface area contributed by atoms with Crippen LogP contribution < -0.4 is 0 Å². The van der Waals surface area contributed by atoms with Gasteiger partial charge in [0.05, 0.1) is 23.4 Å². The van der Waals surface area contributed by atoms with Gasteiger partial charge in [0.2, 0.25) is 0 Å². The zero-order chi connectivity index (χ0) is 21.8. The summed E-state index contributed by atoms with van der Waals surface area (Å²) in [6.07, 6.45) is 1.95. The number of rotatable bonds is 8. The summed E-state index contributed by atoms with van der Waals surface area (Å²) >= 11 is 12.4. The van der Waals surface area contributed by atoms with Gasteiger partial charge in [-0.25, -0.2) is 4.98 Å². The third kappa shape index (κ3) is 6.44. The fraction of sp³-hybridized carbons (Fsp3) is 0.269. The first-order chi connectivity index (χ1) is 15.1. The molecule has 0 aliphatic heterocycles. The first-order valence-electron chi connectivity index (χ1n) is 10.6. The van der Waals surface area contributed by atoms with Crippen LogP contribution in [0.25, 0.3) is 11.0 Å². The van der Waals surface area contributed by atoms with Crippen LogP contribution in [0.1, 0.15) is 28.3 Å². The van der Waals surface area contributed by atoms with E-state index in [1.165, 1.54) is 27.8 Å². The number of aryl methyl sites for hydroxylation is 2. The third-order valence-electron chi connectivity index (χ3n) is 5.90. The smallest absolute Gasteiger partial charge is 0.0958 e. The van der Waals surface area contributed by atoms with Crippen LogP contribution in [0, 0.1) is 13.8 Å². The Hall–Kier alpha value is -1.75. The van der Waals surface area contributed by atoms with Crippen molar-refractivity contribution < 1.29 is 0 Å². The molecule has 0 saturated heterocycles. The molecule has 0 aliphatic rings. The molecule has 0 amide bonds. The Morgan fingerprint density at radius 1 is 0.879 bits per heavy atom. The predicted molar refractivity (Wildman–Crippen MR) is 146 cm³/mol. The normalized spacial score (nSPS) is 11.8. The molecule has 1 aromatic heterocycles. The third-order valence-corrected chi connectivity index (χ3v) is 6.32. The van der Waals surface area contributed by atoms with Crippen LogP contribution in [0.4, 0.5) is 0 Å². The summed E-state index contributed by atoms with van der Waals surface area (Å²) < 4.78 is 2.24. The van der Waals surface area contributed by atoms with Crippen molar-refractivity contribution >= 4 is 59.0 Å². The van der Waals surface area contributed by atoms with E-state index in [0.29, 0.717) is 5.88 Å². The molecule has 0 bridgehead atoms. The van der Waals surface area contributed by atoms with Crippen LogP contribution in [-0.2, 0) is 6.54 Å². The number of aromatic nitrogens is 2. The van der Waals surface area contributed by atoms with Gasteiger partial charge in [-0.3, -0.25) is 4.90 Å². The Labute approximate surface area is 218 Å². The van der Waals surface area contributed by atoms with Crippen molar-refractivity contribution in [3.63, 3.8) is 0 Å². The number of benzene rings is 3. The second kappa shape index (κ2) is 12.6. The van der Waals surface area contributed by atoms with E-state index in [0.717, 1.165) is 30.2 Å². The van der Waals surface area contributed by atoms with Crippen molar-refractivity contribution in [1.29, 1.82) is 0 Å². The van der Waals surface area contributed by atoms with Crippen LogP contribution in [0.15, 0.2) is 73.1 Å². The van der Waals surface area contributed by atoms with Gasteiger partial charge in [0.15, 0.2) is 0 Å². The number of nitrogens with zero attached hydrogens (tertiary/aromatic N) is 3. The number of hydrogen-bond donors (Lipinski definition) is 0. The number of fused-ring (bicyclic) bond motifs is 1. The van der Waals surface area contributed by atoms with E-state index < -0.39 is 0 Å². The molecule has 0 N–H and O–H groups in total. The average molecular weight is 525 g/mol. The molecule has 4 rings (SSSR count). The highest BCUT2D eigenvalue weighted by Gasteiger charge is 2.22. The van der Waals surface area contributed by atoms with E-state index in [2.05, 4.69) is 82.9 Å². The summed E-state index contributed by atoms with van der Waals surface area (Å²) in [5, 5.41) is 0.745. The maximum Gasteiger partial charge on any atom is 0.0958 e. The highest BCUT2D eigenvalue weighted by Crippen LogP contribution is 2.30. The predicted octanol–water partition coefficient (Wildman–Crippen LogP) is 7.48. The van der Waals surface area contributed by atoms with E-state index in [-0.39, 0.29) is 30.9 Å². The van der Waals surface area contributed by atoms with Gasteiger partial charge in [-0.1, -0.05) is 54.1 Å². The van der Waals surface area contributed by atoms with Crippen LogP contribution >= 0.6 is 48.0 Å². The van der Waals surface area contributed by atoms with Crippen molar-refractivity contribution in [2.75, 3.05) is 19.0 Å². The van der Waals surface area contributed by atoms with Crippen LogP contribution in [-0.4, -0.2) is 33.4 Å². The van der Waals surface area contributed by atoms with Gasteiger partial charge >= 0.3 is 0 Å². The van der Waals surface area contributed by atoms with E-state index in [1.54, 1.807) is 0 Å². The van der Waals surface area contributed by atoms with Crippen LogP contribution in [0.3, 0.4) is 0 Å². The average Bonchev–Trinajstić information content (AvgIpc) is 3.16. The largest absolute Gasteiger partial charge is 0.329 e. The second-order valence-electron chi connectivity index (χ2n) is 7.95. The second-order valence-corrected chi connectivity index (χ2v) is 8.77. The summed E-state index contributed by atoms with van der Waals surface area (Å²) in [5.41, 5.74) is 7.24. The molecule has 0 saturated carbocycles. The van der Waals surface area contributed by atoms with Gasteiger partial charge in [-0.2, -0.15) is 0 Å². The fourth-order valence-electron chi connectivity index (χ4n) is 4.10. The summed E-state index contributed by atoms with van der Waals surface area (Å²) in [7, 11) is 0. The van der Waals surface area contributed by atoms with Gasteiger partial charge in [-0.15, -0.1) is 36.4 Å². The SMILES string of the molecule is Cc1cc2ncn(CCN(CCCl)C(c3ccccc3)c3ccc(Cl)cc3)c2cc1C.Cl.Cl. The minimum absolute atomic E-state index is 0. The number of halogens is 4. The van der Waals surface area contributed by atoms with E-state index >= 15 is 0 Å². The van der Waals surface area contributed by atoms with Gasteiger partial charge in [0.1, 0.15) is 0 Å². The van der Waals surface area contributed by atoms with Crippen LogP contribution in [0.2, 0.25) is 5.02 Å². The van der Waals surface area contributed by atoms with E-state index in [4.69, 9.17) is 23.2 Å². The molecular formula is C26H29Cl4N3. The van der Waals surface area contributed by atoms with E-state index in [1.807, 2.05) is 18.5 Å². The Kier molecular flexibility index (Phi) is 10.5. The van der Waals surface area contributed by atoms with Crippen LogP contribution in [0.5, 0.6) is 0 Å². The number of imidazole rings is 1. The van der Waals surface area contributed by atoms with Crippen molar-refractivity contribution in [2.45, 2.75) is 26.4 Å². The molecule has 1 heterocycles. The first kappa shape index (κ1) is 27.5. The molecule has 3 nitrogen and oxygen atoms in total. The summed E-state index contributed by atoms with van der Waals surface area (Å²) in [4.78, 5) is 7.06. The molecule has 176 valence electrons. The quantitative estimate of drug-likeness (QED) is 0.223. The highest BCUT2D eigenvalue weighted by molar-refractivity contribution is 6.30. The van der Waals surface area contributed by atoms with Gasteiger partial charge in [-0.05, 0) is 60.4 Å². The lowest BCUT2D eigenvalue weighted by molar-refractivity contribution is 0.230. The molecule has 0 radical (unpaired) electrons. The van der Waals surface area contributed by atoms with E-state index in [9.17, 15) is 0 Å². The van der Waals surface area contributed by atoms with Crippen molar-refractivity contribution in [3.8, 4) is 0 Å². The maximum atomic E-state index is 6.25. The van der Waals surface area contributed by atoms with Crippen molar-refractivity contribution in [2.24, 2.45) is 0 Å². The molecular weight excluding hydrogens is 496 g/mol. The molecule has 33 heavy (non-hydrogen) atoms. The van der Waals surface area contributed by atoms with Gasteiger partial charge in [0, 0.05) is 30.5 Å². The minimum Gasteiger partial charge on any atom is -0.329 e. The first-order valence-corrected chi connectivity index (χ1v) is 11.5. The Balaban J connectivity index is 0.00000193. The molecule has 4 aromatic rings. The maximum absolute atomic E-state index is 6.25. The lowest BCUT2D eigenvalue weighted by atomic mass is 9.97. The molecule has 1 unspecified atom stereocenters. The fourth-order valence-corrected chi connectivity index (χ4v) is 4.44. The van der Waals surface area contributed by atoms with Gasteiger partial charge < -0.3 is 4.57 Å². The number of alkyl halides is 1. The Morgan fingerprint density at radius 2 is 1.52 bits per heavy atom. The summed E-state index contributed by atoms with van der Waals surface area (Å²) in [6.45, 7) is 6.76. The Morgan fingerprint density at radius 3 is 2.18 bits per heavy atom. The van der Waals surface area contributed by atoms with Crippen molar-refractivity contribution in [3.05, 3.63) is 100 Å². The zero-order valence-electron chi connectivity index (χ0n) is 18.7. The number of hydrogen-bond acceptors (Lipinski definition) is 2. The Bertz CT molecular complexity index is 1140. The zero-order valence-corrected chi connectivity index (χ0v) is 21.9.